The van der Waals surface area contributed by atoms with E-state index >= 15 is 0 Å². The lowest BCUT2D eigenvalue weighted by Crippen LogP contribution is -2.38. The Balaban J connectivity index is 1.89. The zero-order valence-corrected chi connectivity index (χ0v) is 12.3. The number of hydrogen-bond acceptors (Lipinski definition) is 4. The van der Waals surface area contributed by atoms with Gasteiger partial charge in [0.15, 0.2) is 0 Å². The van der Waals surface area contributed by atoms with Gasteiger partial charge in [-0.25, -0.2) is 0 Å². The molecule has 0 aliphatic carbocycles. The summed E-state index contributed by atoms with van der Waals surface area (Å²) in [6.07, 6.45) is 0.845. The number of rotatable bonds is 2. The molecule has 1 unspecified atom stereocenters. The molecular formula is C15H14N2O3S. The van der Waals surface area contributed by atoms with Crippen molar-refractivity contribution in [2.24, 2.45) is 0 Å². The highest BCUT2D eigenvalue weighted by molar-refractivity contribution is 7.10. The van der Waals surface area contributed by atoms with Crippen LogP contribution in [0.2, 0.25) is 0 Å². The Bertz CT molecular complexity index is 710. The fraction of sp³-hybridized carbons (Fsp3) is 0.267. The number of nitro benzene ring substituents is 1. The Morgan fingerprint density at radius 2 is 2.24 bits per heavy atom. The first-order valence-electron chi connectivity index (χ1n) is 6.69. The number of fused-ring (bicyclic) bond motifs is 1. The summed E-state index contributed by atoms with van der Waals surface area (Å²) < 4.78 is 0. The van der Waals surface area contributed by atoms with Gasteiger partial charge in [0, 0.05) is 29.1 Å². The second kappa shape index (κ2) is 5.29. The fourth-order valence-electron chi connectivity index (χ4n) is 2.71. The first kappa shape index (κ1) is 13.8. The lowest BCUT2D eigenvalue weighted by atomic mass is 10.0. The van der Waals surface area contributed by atoms with Gasteiger partial charge in [-0.2, -0.15) is 0 Å². The van der Waals surface area contributed by atoms with Gasteiger partial charge in [0.05, 0.1) is 11.0 Å². The molecule has 6 heteroatoms. The van der Waals surface area contributed by atoms with Crippen LogP contribution < -0.4 is 0 Å². The highest BCUT2D eigenvalue weighted by atomic mass is 32.1. The number of amides is 1. The lowest BCUT2D eigenvalue weighted by Gasteiger charge is -2.33. The number of nitro groups is 1. The summed E-state index contributed by atoms with van der Waals surface area (Å²) in [5.41, 5.74) is 1.50. The quantitative estimate of drug-likeness (QED) is 0.630. The molecule has 2 aromatic rings. The van der Waals surface area contributed by atoms with E-state index in [1.54, 1.807) is 28.4 Å². The Hall–Kier alpha value is -2.21. The zero-order chi connectivity index (χ0) is 15.0. The summed E-state index contributed by atoms with van der Waals surface area (Å²) in [6.45, 7) is 2.65. The van der Waals surface area contributed by atoms with Gasteiger partial charge in [-0.05, 0) is 36.4 Å². The van der Waals surface area contributed by atoms with Crippen LogP contribution in [0, 0.1) is 10.1 Å². The molecule has 0 radical (unpaired) electrons. The monoisotopic (exact) mass is 302 g/mol. The minimum absolute atomic E-state index is 0.00626. The Morgan fingerprint density at radius 3 is 3.00 bits per heavy atom. The molecule has 0 saturated heterocycles. The summed E-state index contributed by atoms with van der Waals surface area (Å²) in [5, 5.41) is 12.9. The van der Waals surface area contributed by atoms with Crippen molar-refractivity contribution in [2.45, 2.75) is 19.4 Å². The van der Waals surface area contributed by atoms with Crippen molar-refractivity contribution in [3.8, 4) is 0 Å². The summed E-state index contributed by atoms with van der Waals surface area (Å²) in [6, 6.07) is 7.98. The van der Waals surface area contributed by atoms with Crippen LogP contribution in [0.5, 0.6) is 0 Å². The molecule has 0 bridgehead atoms. The van der Waals surface area contributed by atoms with E-state index in [1.165, 1.54) is 22.6 Å². The summed E-state index contributed by atoms with van der Waals surface area (Å²) >= 11 is 1.72. The molecule has 0 spiro atoms. The maximum absolute atomic E-state index is 12.6. The van der Waals surface area contributed by atoms with E-state index in [9.17, 15) is 14.9 Å². The van der Waals surface area contributed by atoms with Gasteiger partial charge < -0.3 is 4.90 Å². The molecule has 1 atom stereocenters. The molecule has 2 heterocycles. The minimum atomic E-state index is -0.479. The molecule has 108 valence electrons. The van der Waals surface area contributed by atoms with Crippen molar-refractivity contribution in [1.82, 2.24) is 4.90 Å². The molecule has 21 heavy (non-hydrogen) atoms. The second-order valence-electron chi connectivity index (χ2n) is 5.03. The van der Waals surface area contributed by atoms with E-state index in [4.69, 9.17) is 0 Å². The lowest BCUT2D eigenvalue weighted by molar-refractivity contribution is -0.384. The van der Waals surface area contributed by atoms with Crippen LogP contribution in [-0.4, -0.2) is 22.3 Å². The van der Waals surface area contributed by atoms with Crippen molar-refractivity contribution in [2.75, 3.05) is 6.54 Å². The molecule has 0 N–H and O–H groups in total. The summed E-state index contributed by atoms with van der Waals surface area (Å²) in [4.78, 5) is 26.1. The van der Waals surface area contributed by atoms with Gasteiger partial charge in [-0.1, -0.05) is 6.07 Å². The van der Waals surface area contributed by atoms with Crippen LogP contribution in [0.4, 0.5) is 5.69 Å². The molecule has 1 aliphatic heterocycles. The van der Waals surface area contributed by atoms with Crippen LogP contribution in [0.25, 0.3) is 0 Å². The van der Waals surface area contributed by atoms with Gasteiger partial charge in [0.1, 0.15) is 0 Å². The van der Waals surface area contributed by atoms with Crippen molar-refractivity contribution < 1.29 is 9.72 Å². The largest absolute Gasteiger partial charge is 0.331 e. The molecule has 1 aromatic carbocycles. The first-order chi connectivity index (χ1) is 10.1. The molecule has 1 aromatic heterocycles. The molecule has 3 rings (SSSR count). The summed E-state index contributed by atoms with van der Waals surface area (Å²) in [5.74, 6) is -0.150. The topological polar surface area (TPSA) is 63.5 Å². The van der Waals surface area contributed by atoms with E-state index in [-0.39, 0.29) is 17.6 Å². The molecule has 0 saturated carbocycles. The number of non-ortho nitro benzene ring substituents is 1. The van der Waals surface area contributed by atoms with Crippen LogP contribution in [0.1, 0.15) is 33.8 Å². The molecule has 0 fully saturated rings. The van der Waals surface area contributed by atoms with E-state index in [0.717, 1.165) is 6.42 Å². The zero-order valence-electron chi connectivity index (χ0n) is 11.5. The molecule has 1 aliphatic rings. The van der Waals surface area contributed by atoms with Crippen molar-refractivity contribution in [3.05, 3.63) is 61.8 Å². The maximum Gasteiger partial charge on any atom is 0.270 e. The van der Waals surface area contributed by atoms with Crippen molar-refractivity contribution in [3.63, 3.8) is 0 Å². The number of benzene rings is 1. The normalized spacial score (nSPS) is 17.4. The van der Waals surface area contributed by atoms with E-state index in [1.807, 2.05) is 12.3 Å². The number of nitrogens with zero attached hydrogens (tertiary/aromatic N) is 2. The molecular weight excluding hydrogens is 288 g/mol. The predicted octanol–water partition coefficient (Wildman–Crippen LogP) is 3.42. The predicted molar refractivity (Wildman–Crippen MR) is 80.6 cm³/mol. The van der Waals surface area contributed by atoms with Crippen molar-refractivity contribution in [1.29, 1.82) is 0 Å². The third kappa shape index (κ3) is 2.42. The first-order valence-corrected chi connectivity index (χ1v) is 7.57. The third-order valence-electron chi connectivity index (χ3n) is 3.84. The van der Waals surface area contributed by atoms with Crippen LogP contribution in [-0.2, 0) is 6.42 Å². The molecule has 1 amide bonds. The smallest absolute Gasteiger partial charge is 0.270 e. The highest BCUT2D eigenvalue weighted by Crippen LogP contribution is 2.33. The van der Waals surface area contributed by atoms with Gasteiger partial charge >= 0.3 is 0 Å². The Labute approximate surface area is 126 Å². The van der Waals surface area contributed by atoms with E-state index in [0.29, 0.717) is 12.1 Å². The number of thiophene rings is 1. The minimum Gasteiger partial charge on any atom is -0.331 e. The average Bonchev–Trinajstić information content (AvgIpc) is 2.96. The van der Waals surface area contributed by atoms with Gasteiger partial charge in [-0.3, -0.25) is 14.9 Å². The van der Waals surface area contributed by atoms with Crippen LogP contribution >= 0.6 is 11.3 Å². The Morgan fingerprint density at radius 1 is 1.43 bits per heavy atom. The van der Waals surface area contributed by atoms with Gasteiger partial charge in [0.2, 0.25) is 0 Å². The number of hydrogen-bond donors (Lipinski definition) is 0. The van der Waals surface area contributed by atoms with Crippen LogP contribution in [0.3, 0.4) is 0 Å². The standard InChI is InChI=1S/C15H14N2O3S/c1-10-13-6-8-21-14(13)5-7-16(10)15(18)11-3-2-4-12(9-11)17(19)20/h2-4,6,8-10H,5,7H2,1H3. The van der Waals surface area contributed by atoms with E-state index < -0.39 is 4.92 Å². The van der Waals surface area contributed by atoms with E-state index in [2.05, 4.69) is 6.07 Å². The second-order valence-corrected chi connectivity index (χ2v) is 6.03. The SMILES string of the molecule is CC1c2ccsc2CCN1C(=O)c1cccc([N+](=O)[O-])c1. The summed E-state index contributed by atoms with van der Waals surface area (Å²) in [7, 11) is 0. The number of carbonyl (C=O) groups is 1. The van der Waals surface area contributed by atoms with Gasteiger partial charge in [-0.15, -0.1) is 11.3 Å². The molecule has 5 nitrogen and oxygen atoms in total. The highest BCUT2D eigenvalue weighted by Gasteiger charge is 2.29. The average molecular weight is 302 g/mol. The Kier molecular flexibility index (Phi) is 3.47. The number of carbonyl (C=O) groups excluding carboxylic acids is 1. The maximum atomic E-state index is 12.6. The van der Waals surface area contributed by atoms with Crippen molar-refractivity contribution >= 4 is 22.9 Å². The third-order valence-corrected chi connectivity index (χ3v) is 4.84. The fourth-order valence-corrected chi connectivity index (χ4v) is 3.67. The van der Waals surface area contributed by atoms with Crippen LogP contribution in [0.15, 0.2) is 35.7 Å². The van der Waals surface area contributed by atoms with Gasteiger partial charge in [0.25, 0.3) is 11.6 Å².